The Morgan fingerprint density at radius 3 is 2.70 bits per heavy atom. The van der Waals surface area contributed by atoms with Gasteiger partial charge in [-0.25, -0.2) is 0 Å². The summed E-state index contributed by atoms with van der Waals surface area (Å²) in [5, 5.41) is 0. The smallest absolute Gasteiger partial charge is 0.0562 e. The monoisotopic (exact) mass is 166 g/mol. The minimum Gasteiger partial charge on any atom is -0.378 e. The number of hydrogen-bond donors (Lipinski definition) is 2. The van der Waals surface area contributed by atoms with E-state index >= 15 is 0 Å². The Morgan fingerprint density at radius 2 is 2.30 bits per heavy atom. The zero-order valence-corrected chi connectivity index (χ0v) is 6.99. The zero-order chi connectivity index (χ0) is 6.69. The standard InChI is InChI=1S/C6H14N2O.ClH/c1-5-4-6(8-7)2-3-9-5;/h5-6,8H,2-4,7H2,1H3;1H/t5-,6-;/m1./s1. The van der Waals surface area contributed by atoms with Gasteiger partial charge in [0.1, 0.15) is 0 Å². The quantitative estimate of drug-likeness (QED) is 0.439. The van der Waals surface area contributed by atoms with Crippen LogP contribution in [0.4, 0.5) is 0 Å². The fraction of sp³-hybridized carbons (Fsp3) is 1.00. The molecule has 0 radical (unpaired) electrons. The molecule has 2 atom stereocenters. The molecule has 0 aliphatic carbocycles. The molecule has 0 bridgehead atoms. The zero-order valence-electron chi connectivity index (χ0n) is 6.17. The van der Waals surface area contributed by atoms with Gasteiger partial charge in [0.25, 0.3) is 0 Å². The van der Waals surface area contributed by atoms with Crippen LogP contribution in [0, 0.1) is 0 Å². The van der Waals surface area contributed by atoms with Gasteiger partial charge in [0, 0.05) is 12.6 Å². The number of halogens is 1. The minimum atomic E-state index is 0. The molecule has 0 aromatic heterocycles. The van der Waals surface area contributed by atoms with Crippen molar-refractivity contribution < 1.29 is 4.74 Å². The van der Waals surface area contributed by atoms with Crippen molar-refractivity contribution in [3.05, 3.63) is 0 Å². The predicted molar refractivity (Wildman–Crippen MR) is 43.0 cm³/mol. The number of hydrazine groups is 1. The van der Waals surface area contributed by atoms with Crippen LogP contribution in [0.15, 0.2) is 0 Å². The van der Waals surface area contributed by atoms with Crippen molar-refractivity contribution in [3.63, 3.8) is 0 Å². The van der Waals surface area contributed by atoms with Gasteiger partial charge >= 0.3 is 0 Å². The largest absolute Gasteiger partial charge is 0.378 e. The van der Waals surface area contributed by atoms with Gasteiger partial charge in [-0.2, -0.15) is 0 Å². The molecule has 0 spiro atoms. The second kappa shape index (κ2) is 4.91. The molecule has 10 heavy (non-hydrogen) atoms. The van der Waals surface area contributed by atoms with Crippen molar-refractivity contribution in [3.8, 4) is 0 Å². The average molecular weight is 167 g/mol. The number of rotatable bonds is 1. The Bertz CT molecular complexity index is 91.8. The molecular weight excluding hydrogens is 152 g/mol. The molecule has 1 saturated heterocycles. The molecule has 4 heteroatoms. The predicted octanol–water partition coefficient (Wildman–Crippen LogP) is 0.439. The van der Waals surface area contributed by atoms with Crippen molar-refractivity contribution in [1.82, 2.24) is 5.43 Å². The molecule has 1 rings (SSSR count). The Labute approximate surface area is 67.7 Å². The van der Waals surface area contributed by atoms with E-state index in [9.17, 15) is 0 Å². The molecule has 0 aromatic carbocycles. The summed E-state index contributed by atoms with van der Waals surface area (Å²) in [6, 6.07) is 0.466. The first kappa shape index (κ1) is 10.2. The summed E-state index contributed by atoms with van der Waals surface area (Å²) in [5.74, 6) is 5.26. The van der Waals surface area contributed by atoms with Gasteiger partial charge < -0.3 is 4.74 Å². The SMILES string of the molecule is C[C@@H]1C[C@H](NN)CCO1.Cl. The fourth-order valence-corrected chi connectivity index (χ4v) is 1.15. The summed E-state index contributed by atoms with van der Waals surface area (Å²) in [6.07, 6.45) is 2.46. The topological polar surface area (TPSA) is 47.3 Å². The van der Waals surface area contributed by atoms with Crippen molar-refractivity contribution in [1.29, 1.82) is 0 Å². The van der Waals surface area contributed by atoms with Gasteiger partial charge in [-0.1, -0.05) is 0 Å². The summed E-state index contributed by atoms with van der Waals surface area (Å²) < 4.78 is 5.31. The first-order chi connectivity index (χ1) is 4.33. The maximum absolute atomic E-state index is 5.31. The van der Waals surface area contributed by atoms with Crippen molar-refractivity contribution >= 4 is 12.4 Å². The number of nitrogens with two attached hydrogens (primary N) is 1. The van der Waals surface area contributed by atoms with E-state index in [2.05, 4.69) is 12.3 Å². The third-order valence-corrected chi connectivity index (χ3v) is 1.72. The van der Waals surface area contributed by atoms with Crippen LogP contribution >= 0.6 is 12.4 Å². The van der Waals surface area contributed by atoms with Crippen molar-refractivity contribution in [2.75, 3.05) is 6.61 Å². The van der Waals surface area contributed by atoms with Crippen molar-refractivity contribution in [2.45, 2.75) is 31.9 Å². The third-order valence-electron chi connectivity index (χ3n) is 1.72. The first-order valence-corrected chi connectivity index (χ1v) is 3.40. The number of ether oxygens (including phenoxy) is 1. The van der Waals surface area contributed by atoms with Crippen LogP contribution in [0.5, 0.6) is 0 Å². The van der Waals surface area contributed by atoms with E-state index < -0.39 is 0 Å². The van der Waals surface area contributed by atoms with Crippen LogP contribution in [-0.4, -0.2) is 18.8 Å². The minimum absolute atomic E-state index is 0. The lowest BCUT2D eigenvalue weighted by Gasteiger charge is -2.26. The van der Waals surface area contributed by atoms with Gasteiger partial charge in [0.15, 0.2) is 0 Å². The second-order valence-corrected chi connectivity index (χ2v) is 2.57. The molecule has 0 unspecified atom stereocenters. The normalized spacial score (nSPS) is 33.0. The van der Waals surface area contributed by atoms with Gasteiger partial charge in [0.05, 0.1) is 6.10 Å². The van der Waals surface area contributed by atoms with E-state index in [0.29, 0.717) is 12.1 Å². The fourth-order valence-electron chi connectivity index (χ4n) is 1.15. The van der Waals surface area contributed by atoms with Crippen LogP contribution in [-0.2, 0) is 4.74 Å². The summed E-state index contributed by atoms with van der Waals surface area (Å²) in [7, 11) is 0. The molecule has 0 amide bonds. The molecule has 3 nitrogen and oxygen atoms in total. The lowest BCUT2D eigenvalue weighted by atomic mass is 10.1. The third kappa shape index (κ3) is 2.84. The number of hydrogen-bond acceptors (Lipinski definition) is 3. The van der Waals surface area contributed by atoms with Gasteiger partial charge in [0.2, 0.25) is 0 Å². The molecule has 3 N–H and O–H groups in total. The molecule has 0 saturated carbocycles. The van der Waals surface area contributed by atoms with E-state index in [1.807, 2.05) is 0 Å². The highest BCUT2D eigenvalue weighted by atomic mass is 35.5. The highest BCUT2D eigenvalue weighted by Crippen LogP contribution is 2.11. The maximum Gasteiger partial charge on any atom is 0.0562 e. The second-order valence-electron chi connectivity index (χ2n) is 2.57. The Kier molecular flexibility index (Phi) is 4.99. The highest BCUT2D eigenvalue weighted by molar-refractivity contribution is 5.85. The molecule has 1 fully saturated rings. The van der Waals surface area contributed by atoms with Gasteiger partial charge in [-0.15, -0.1) is 12.4 Å². The Morgan fingerprint density at radius 1 is 1.60 bits per heavy atom. The van der Waals surface area contributed by atoms with Gasteiger partial charge in [-0.05, 0) is 19.8 Å². The van der Waals surface area contributed by atoms with E-state index in [1.54, 1.807) is 0 Å². The molecule has 62 valence electrons. The molecule has 1 aliphatic rings. The molecule has 0 aromatic rings. The summed E-state index contributed by atoms with van der Waals surface area (Å²) in [5.41, 5.74) is 2.75. The molecule has 1 heterocycles. The van der Waals surface area contributed by atoms with Crippen LogP contribution in [0.25, 0.3) is 0 Å². The van der Waals surface area contributed by atoms with Crippen molar-refractivity contribution in [2.24, 2.45) is 5.84 Å². The van der Waals surface area contributed by atoms with Gasteiger partial charge in [-0.3, -0.25) is 11.3 Å². The summed E-state index contributed by atoms with van der Waals surface area (Å²) in [4.78, 5) is 0. The first-order valence-electron chi connectivity index (χ1n) is 3.40. The average Bonchev–Trinajstić information content (AvgIpc) is 1.88. The molecular formula is C6H15ClN2O. The summed E-state index contributed by atoms with van der Waals surface area (Å²) >= 11 is 0. The van der Waals surface area contributed by atoms with Crippen LogP contribution in [0.3, 0.4) is 0 Å². The van der Waals surface area contributed by atoms with E-state index in [4.69, 9.17) is 10.6 Å². The van der Waals surface area contributed by atoms with Crippen LogP contribution < -0.4 is 11.3 Å². The maximum atomic E-state index is 5.31. The lowest BCUT2D eigenvalue weighted by molar-refractivity contribution is 0.0134. The highest BCUT2D eigenvalue weighted by Gasteiger charge is 2.16. The van der Waals surface area contributed by atoms with Crippen LogP contribution in [0.1, 0.15) is 19.8 Å². The Balaban J connectivity index is 0.000000810. The Hall–Kier alpha value is 0.170. The van der Waals surface area contributed by atoms with E-state index in [-0.39, 0.29) is 12.4 Å². The summed E-state index contributed by atoms with van der Waals surface area (Å²) in [6.45, 7) is 2.92. The van der Waals surface area contributed by atoms with Crippen LogP contribution in [0.2, 0.25) is 0 Å². The van der Waals surface area contributed by atoms with E-state index in [0.717, 1.165) is 19.4 Å². The number of nitrogens with one attached hydrogen (secondary N) is 1. The lowest BCUT2D eigenvalue weighted by Crippen LogP contribution is -2.41. The molecule has 1 aliphatic heterocycles. The van der Waals surface area contributed by atoms with E-state index in [1.165, 1.54) is 0 Å².